The lowest BCUT2D eigenvalue weighted by Crippen LogP contribution is -2.12. The van der Waals surface area contributed by atoms with E-state index in [0.29, 0.717) is 0 Å². The Labute approximate surface area is 83.2 Å². The van der Waals surface area contributed by atoms with Gasteiger partial charge in [0, 0.05) is 5.92 Å². The van der Waals surface area contributed by atoms with Crippen molar-refractivity contribution >= 4 is 6.29 Å². The maximum Gasteiger partial charge on any atom is 0.127 e. The van der Waals surface area contributed by atoms with E-state index in [2.05, 4.69) is 6.07 Å². The Morgan fingerprint density at radius 1 is 1.50 bits per heavy atom. The maximum atomic E-state index is 10.8. The second-order valence-electron chi connectivity index (χ2n) is 3.62. The Bertz CT molecular complexity index is 403. The molecule has 0 radical (unpaired) electrons. The van der Waals surface area contributed by atoms with Crippen LogP contribution in [0.15, 0.2) is 18.2 Å². The van der Waals surface area contributed by atoms with Crippen LogP contribution in [0.2, 0.25) is 0 Å². The third-order valence-electron chi connectivity index (χ3n) is 2.84. The zero-order valence-corrected chi connectivity index (χ0v) is 7.86. The molecule has 0 aliphatic heterocycles. The molecule has 1 atom stereocenters. The van der Waals surface area contributed by atoms with Crippen molar-refractivity contribution in [1.82, 2.24) is 0 Å². The first kappa shape index (κ1) is 8.96. The van der Waals surface area contributed by atoms with Crippen molar-refractivity contribution in [2.24, 2.45) is 0 Å². The highest BCUT2D eigenvalue weighted by atomic mass is 16.1. The van der Waals surface area contributed by atoms with Gasteiger partial charge in [0.25, 0.3) is 0 Å². The molecule has 0 aromatic heterocycles. The Morgan fingerprint density at radius 2 is 2.36 bits per heavy atom. The lowest BCUT2D eigenvalue weighted by Gasteiger charge is -2.21. The van der Waals surface area contributed by atoms with Gasteiger partial charge in [-0.1, -0.05) is 12.1 Å². The van der Waals surface area contributed by atoms with Crippen molar-refractivity contribution in [1.29, 1.82) is 5.26 Å². The Morgan fingerprint density at radius 3 is 3.07 bits per heavy atom. The standard InChI is InChI=1S/C12H11NO/c13-7-9-3-1-6-12-10(8-14)4-2-5-11(9)12/h1,3,6,8,10H,2,4-5H2/t10-/m0/s1. The van der Waals surface area contributed by atoms with Crippen LogP contribution in [-0.2, 0) is 11.2 Å². The fourth-order valence-corrected chi connectivity index (χ4v) is 2.13. The van der Waals surface area contributed by atoms with Crippen LogP contribution in [0.5, 0.6) is 0 Å². The second kappa shape index (κ2) is 3.63. The van der Waals surface area contributed by atoms with E-state index in [0.717, 1.165) is 42.2 Å². The molecule has 2 nitrogen and oxygen atoms in total. The smallest absolute Gasteiger partial charge is 0.127 e. The van der Waals surface area contributed by atoms with Crippen LogP contribution in [0.4, 0.5) is 0 Å². The first-order valence-corrected chi connectivity index (χ1v) is 4.84. The van der Waals surface area contributed by atoms with Gasteiger partial charge in [-0.15, -0.1) is 0 Å². The number of fused-ring (bicyclic) bond motifs is 1. The van der Waals surface area contributed by atoms with Crippen molar-refractivity contribution in [3.05, 3.63) is 34.9 Å². The van der Waals surface area contributed by atoms with Gasteiger partial charge in [-0.2, -0.15) is 5.26 Å². The monoisotopic (exact) mass is 185 g/mol. The molecular weight excluding hydrogens is 174 g/mol. The fraction of sp³-hybridized carbons (Fsp3) is 0.333. The van der Waals surface area contributed by atoms with Gasteiger partial charge in [0.15, 0.2) is 0 Å². The molecule has 0 saturated carbocycles. The minimum atomic E-state index is 0.00653. The molecule has 0 saturated heterocycles. The summed E-state index contributed by atoms with van der Waals surface area (Å²) in [4.78, 5) is 10.8. The van der Waals surface area contributed by atoms with Crippen molar-refractivity contribution in [3.63, 3.8) is 0 Å². The average Bonchev–Trinajstić information content (AvgIpc) is 2.27. The summed E-state index contributed by atoms with van der Waals surface area (Å²) < 4.78 is 0. The molecule has 1 aromatic rings. The Balaban J connectivity index is 2.55. The predicted molar refractivity (Wildman–Crippen MR) is 52.9 cm³/mol. The molecule has 0 N–H and O–H groups in total. The number of nitrogens with zero attached hydrogens (tertiary/aromatic N) is 1. The van der Waals surface area contributed by atoms with Gasteiger partial charge >= 0.3 is 0 Å². The first-order chi connectivity index (χ1) is 6.86. The van der Waals surface area contributed by atoms with Gasteiger partial charge in [-0.05, 0) is 36.5 Å². The molecule has 1 aromatic carbocycles. The number of hydrogen-bond acceptors (Lipinski definition) is 2. The summed E-state index contributed by atoms with van der Waals surface area (Å²) in [5.41, 5.74) is 2.87. The molecule has 0 bridgehead atoms. The largest absolute Gasteiger partial charge is 0.303 e. The molecule has 1 aliphatic rings. The zero-order chi connectivity index (χ0) is 9.97. The van der Waals surface area contributed by atoms with E-state index in [-0.39, 0.29) is 5.92 Å². The van der Waals surface area contributed by atoms with Crippen LogP contribution in [0, 0.1) is 11.3 Å². The second-order valence-corrected chi connectivity index (χ2v) is 3.62. The predicted octanol–water partition coefficient (Wildman–Crippen LogP) is 2.18. The molecule has 70 valence electrons. The summed E-state index contributed by atoms with van der Waals surface area (Å²) in [5.74, 6) is 0.00653. The van der Waals surface area contributed by atoms with Crippen LogP contribution in [0.25, 0.3) is 0 Å². The van der Waals surface area contributed by atoms with Gasteiger partial charge in [0.1, 0.15) is 6.29 Å². The van der Waals surface area contributed by atoms with Crippen LogP contribution in [-0.4, -0.2) is 6.29 Å². The number of benzene rings is 1. The van der Waals surface area contributed by atoms with Gasteiger partial charge in [-0.3, -0.25) is 0 Å². The SMILES string of the molecule is N#Cc1cccc2c1CCC[C@H]2C=O. The minimum absolute atomic E-state index is 0.00653. The lowest BCUT2D eigenvalue weighted by molar-refractivity contribution is -0.109. The third-order valence-corrected chi connectivity index (χ3v) is 2.84. The first-order valence-electron chi connectivity index (χ1n) is 4.84. The topological polar surface area (TPSA) is 40.9 Å². The van der Waals surface area contributed by atoms with E-state index in [1.165, 1.54) is 0 Å². The molecule has 2 heteroatoms. The number of aldehydes is 1. The molecule has 0 heterocycles. The molecule has 2 rings (SSSR count). The van der Waals surface area contributed by atoms with Gasteiger partial charge < -0.3 is 4.79 Å². The number of rotatable bonds is 1. The Hall–Kier alpha value is -1.62. The normalized spacial score (nSPS) is 19.5. The van der Waals surface area contributed by atoms with E-state index < -0.39 is 0 Å². The van der Waals surface area contributed by atoms with E-state index in [4.69, 9.17) is 5.26 Å². The van der Waals surface area contributed by atoms with Crippen molar-refractivity contribution in [2.45, 2.75) is 25.2 Å². The summed E-state index contributed by atoms with van der Waals surface area (Å²) in [6.07, 6.45) is 3.86. The van der Waals surface area contributed by atoms with Crippen molar-refractivity contribution in [2.75, 3.05) is 0 Å². The third kappa shape index (κ3) is 1.31. The summed E-state index contributed by atoms with van der Waals surface area (Å²) in [6.45, 7) is 0. The summed E-state index contributed by atoms with van der Waals surface area (Å²) in [5, 5.41) is 8.91. The average molecular weight is 185 g/mol. The molecule has 0 fully saturated rings. The zero-order valence-electron chi connectivity index (χ0n) is 7.86. The molecule has 1 aliphatic carbocycles. The highest BCUT2D eigenvalue weighted by Gasteiger charge is 2.21. The van der Waals surface area contributed by atoms with Crippen molar-refractivity contribution in [3.8, 4) is 6.07 Å². The van der Waals surface area contributed by atoms with Crippen LogP contribution in [0.3, 0.4) is 0 Å². The highest BCUT2D eigenvalue weighted by molar-refractivity contribution is 5.65. The molecule has 0 amide bonds. The summed E-state index contributed by atoms with van der Waals surface area (Å²) in [6, 6.07) is 7.84. The number of hydrogen-bond donors (Lipinski definition) is 0. The highest BCUT2D eigenvalue weighted by Crippen LogP contribution is 2.31. The molecule has 14 heavy (non-hydrogen) atoms. The Kier molecular flexibility index (Phi) is 2.32. The van der Waals surface area contributed by atoms with Crippen LogP contribution < -0.4 is 0 Å². The van der Waals surface area contributed by atoms with Crippen molar-refractivity contribution < 1.29 is 4.79 Å². The number of carbonyl (C=O) groups is 1. The maximum absolute atomic E-state index is 10.8. The van der Waals surface area contributed by atoms with E-state index in [1.54, 1.807) is 0 Å². The number of carbonyl (C=O) groups excluding carboxylic acids is 1. The lowest BCUT2D eigenvalue weighted by atomic mass is 9.82. The number of nitriles is 1. The minimum Gasteiger partial charge on any atom is -0.303 e. The molecule has 0 spiro atoms. The van der Waals surface area contributed by atoms with E-state index in [1.807, 2.05) is 18.2 Å². The summed E-state index contributed by atoms with van der Waals surface area (Å²) >= 11 is 0. The molecule has 0 unspecified atom stereocenters. The van der Waals surface area contributed by atoms with Crippen LogP contribution >= 0.6 is 0 Å². The van der Waals surface area contributed by atoms with E-state index >= 15 is 0 Å². The van der Waals surface area contributed by atoms with Gasteiger partial charge in [-0.25, -0.2) is 0 Å². The summed E-state index contributed by atoms with van der Waals surface area (Å²) in [7, 11) is 0. The van der Waals surface area contributed by atoms with Gasteiger partial charge in [0.05, 0.1) is 11.6 Å². The van der Waals surface area contributed by atoms with Gasteiger partial charge in [0.2, 0.25) is 0 Å². The molecular formula is C12H11NO. The van der Waals surface area contributed by atoms with E-state index in [9.17, 15) is 4.79 Å². The fourth-order valence-electron chi connectivity index (χ4n) is 2.13. The quantitative estimate of drug-likeness (QED) is 0.629. The van der Waals surface area contributed by atoms with Crippen LogP contribution in [0.1, 0.15) is 35.4 Å².